The molecule has 0 amide bonds. The van der Waals surface area contributed by atoms with E-state index in [9.17, 15) is 27.8 Å². The lowest BCUT2D eigenvalue weighted by Crippen LogP contribution is -2.68. The lowest BCUT2D eigenvalue weighted by molar-refractivity contribution is -0.221. The number of hydrogen-bond acceptors (Lipinski definition) is 5. The van der Waals surface area contributed by atoms with Crippen molar-refractivity contribution in [2.24, 2.45) is 56.7 Å². The van der Waals surface area contributed by atoms with Gasteiger partial charge in [0.2, 0.25) is 10.0 Å². The molecule has 0 bridgehead atoms. The smallest absolute Gasteiger partial charge is 0.312 e. The van der Waals surface area contributed by atoms with E-state index in [0.29, 0.717) is 74.8 Å². The molecule has 10 atom stereocenters. The summed E-state index contributed by atoms with van der Waals surface area (Å²) in [6, 6.07) is 0. The summed E-state index contributed by atoms with van der Waals surface area (Å²) >= 11 is 0. The van der Waals surface area contributed by atoms with E-state index in [4.69, 9.17) is 0 Å². The minimum Gasteiger partial charge on any atom is -0.481 e. The third kappa shape index (κ3) is 6.08. The first-order chi connectivity index (χ1) is 25.1. The van der Waals surface area contributed by atoms with Crippen molar-refractivity contribution in [3.63, 3.8) is 0 Å². The highest BCUT2D eigenvalue weighted by atomic mass is 32.2. The van der Waals surface area contributed by atoms with Crippen molar-refractivity contribution in [2.45, 2.75) is 149 Å². The molecule has 7 rings (SSSR count). The van der Waals surface area contributed by atoms with E-state index < -0.39 is 33.7 Å². The largest absolute Gasteiger partial charge is 0.481 e. The molecule has 0 aromatic carbocycles. The van der Waals surface area contributed by atoms with Crippen molar-refractivity contribution < 1.29 is 27.8 Å². The second-order valence-corrected chi connectivity index (χ2v) is 23.1. The third-order valence-corrected chi connectivity index (χ3v) is 19.8. The Bertz CT molecular complexity index is 1700. The van der Waals surface area contributed by atoms with Crippen LogP contribution in [0.2, 0.25) is 0 Å². The predicted molar refractivity (Wildman–Crippen MR) is 214 cm³/mol. The second-order valence-electron chi connectivity index (χ2n) is 21.1. The Hall–Kier alpha value is -1.55. The summed E-state index contributed by atoms with van der Waals surface area (Å²) in [6.07, 6.45) is 19.4. The van der Waals surface area contributed by atoms with E-state index in [-0.39, 0.29) is 33.6 Å². The highest BCUT2D eigenvalue weighted by Gasteiger charge is 2.70. The standard InChI is InChI=1S/C45H71FN2O5S/c1-30(2)32-13-20-45(47-26-23-44(51)24-27-48(28-25-44)54(8,52)53)22-21-41(6)34(37(32)45)9-10-36-40(5)16-14-33(39(3,4)35(40)15-17-42(36,41)7)31-11-18-43(29-46,19-12-31)38(49)50/h11,14,32,34-37,47,51H,1,9-10,12-13,15-29H2,2-8H3,(H,49,50). The van der Waals surface area contributed by atoms with Gasteiger partial charge in [-0.3, -0.25) is 4.79 Å². The van der Waals surface area contributed by atoms with E-state index >= 15 is 0 Å². The van der Waals surface area contributed by atoms with Gasteiger partial charge in [0.05, 0.1) is 17.3 Å². The molecule has 4 saturated carbocycles. The van der Waals surface area contributed by atoms with Crippen LogP contribution in [0, 0.1) is 56.7 Å². The maximum Gasteiger partial charge on any atom is 0.312 e. The average molecular weight is 771 g/mol. The van der Waals surface area contributed by atoms with Crippen LogP contribution in [0.3, 0.4) is 0 Å². The molecule has 1 heterocycles. The van der Waals surface area contributed by atoms with Crippen LogP contribution < -0.4 is 5.32 Å². The van der Waals surface area contributed by atoms with E-state index in [1.165, 1.54) is 65.8 Å². The molecular formula is C45H71FN2O5S. The number of nitrogens with zero attached hydrogens (tertiary/aromatic N) is 1. The molecule has 5 fully saturated rings. The molecule has 54 heavy (non-hydrogen) atoms. The van der Waals surface area contributed by atoms with Crippen LogP contribution in [-0.2, 0) is 14.8 Å². The molecule has 304 valence electrons. The number of carboxylic acids is 1. The average Bonchev–Trinajstić information content (AvgIpc) is 3.48. The SMILES string of the molecule is C=C(C)C1CCC2(NCCC3(O)CCN(S(C)(=O)=O)CC3)CCC3(C)C(CCC4C5(C)CC=C(C6=CCC(CF)(C(=O)O)CC6)C(C)(C)C5CCC43C)C12. The molecule has 7 nitrogen and oxygen atoms in total. The van der Waals surface area contributed by atoms with E-state index in [1.54, 1.807) is 0 Å². The van der Waals surface area contributed by atoms with Crippen molar-refractivity contribution in [1.82, 2.24) is 9.62 Å². The fourth-order valence-corrected chi connectivity index (χ4v) is 16.0. The number of carboxylic acid groups (broad SMARTS) is 1. The maximum atomic E-state index is 14.0. The van der Waals surface area contributed by atoms with Gasteiger partial charge in [-0.05, 0) is 172 Å². The van der Waals surface area contributed by atoms with Gasteiger partial charge in [-0.25, -0.2) is 17.1 Å². The fourth-order valence-electron chi connectivity index (χ4n) is 15.1. The van der Waals surface area contributed by atoms with Gasteiger partial charge in [0.1, 0.15) is 6.67 Å². The lowest BCUT2D eigenvalue weighted by atomic mass is 9.33. The number of nitrogens with one attached hydrogen (secondary N) is 1. The number of hydrogen-bond donors (Lipinski definition) is 3. The van der Waals surface area contributed by atoms with Crippen LogP contribution in [0.5, 0.6) is 0 Å². The number of aliphatic hydroxyl groups is 1. The number of sulfonamides is 1. The molecule has 3 N–H and O–H groups in total. The second kappa shape index (κ2) is 13.5. The number of fused-ring (bicyclic) bond motifs is 7. The Labute approximate surface area is 326 Å². The van der Waals surface area contributed by atoms with Gasteiger partial charge in [0.15, 0.2) is 0 Å². The Kier molecular flexibility index (Phi) is 10.2. The van der Waals surface area contributed by atoms with Gasteiger partial charge in [-0.1, -0.05) is 58.9 Å². The zero-order chi connectivity index (χ0) is 39.3. The van der Waals surface area contributed by atoms with Crippen LogP contribution in [-0.4, -0.2) is 72.6 Å². The summed E-state index contributed by atoms with van der Waals surface area (Å²) in [7, 11) is -3.24. The quantitative estimate of drug-likeness (QED) is 0.203. The number of allylic oxidation sites excluding steroid dienone is 5. The van der Waals surface area contributed by atoms with Gasteiger partial charge in [0, 0.05) is 18.6 Å². The zero-order valence-electron chi connectivity index (χ0n) is 34.5. The molecule has 7 aliphatic rings. The number of alkyl halides is 1. The predicted octanol–water partition coefficient (Wildman–Crippen LogP) is 8.85. The minimum absolute atomic E-state index is 0.0372. The maximum absolute atomic E-state index is 14.0. The highest BCUT2D eigenvalue weighted by molar-refractivity contribution is 7.88. The number of carbonyl (C=O) groups is 1. The summed E-state index contributed by atoms with van der Waals surface area (Å²) in [6.45, 7) is 20.4. The number of piperidine rings is 1. The number of aliphatic carboxylic acids is 1. The van der Waals surface area contributed by atoms with Gasteiger partial charge in [0.25, 0.3) is 0 Å². The summed E-state index contributed by atoms with van der Waals surface area (Å²) < 4.78 is 39.7. The van der Waals surface area contributed by atoms with Crippen molar-refractivity contribution in [2.75, 3.05) is 32.6 Å². The molecule has 0 spiro atoms. The fraction of sp³-hybridized carbons (Fsp3) is 0.844. The first-order valence-corrected chi connectivity index (χ1v) is 23.2. The Balaban J connectivity index is 1.12. The summed E-state index contributed by atoms with van der Waals surface area (Å²) in [5.74, 6) is 1.76. The Morgan fingerprint density at radius 1 is 0.926 bits per heavy atom. The molecular weight excluding hydrogens is 700 g/mol. The molecule has 1 saturated heterocycles. The molecule has 1 aliphatic heterocycles. The van der Waals surface area contributed by atoms with Gasteiger partial charge >= 0.3 is 5.97 Å². The monoisotopic (exact) mass is 771 g/mol. The topological polar surface area (TPSA) is 107 Å². The first-order valence-electron chi connectivity index (χ1n) is 21.4. The van der Waals surface area contributed by atoms with Gasteiger partial charge in [-0.2, -0.15) is 0 Å². The summed E-state index contributed by atoms with van der Waals surface area (Å²) in [5, 5.41) is 25.5. The minimum atomic E-state index is -3.24. The molecule has 0 aromatic rings. The number of rotatable bonds is 9. The van der Waals surface area contributed by atoms with Gasteiger partial charge < -0.3 is 15.5 Å². The van der Waals surface area contributed by atoms with Crippen LogP contribution in [0.1, 0.15) is 138 Å². The van der Waals surface area contributed by atoms with E-state index in [2.05, 4.69) is 65.6 Å². The molecule has 0 radical (unpaired) electrons. The van der Waals surface area contributed by atoms with Crippen LogP contribution in [0.25, 0.3) is 0 Å². The van der Waals surface area contributed by atoms with E-state index in [0.717, 1.165) is 25.8 Å². The van der Waals surface area contributed by atoms with Crippen molar-refractivity contribution in [1.29, 1.82) is 0 Å². The zero-order valence-corrected chi connectivity index (χ0v) is 35.4. The van der Waals surface area contributed by atoms with Crippen molar-refractivity contribution in [3.05, 3.63) is 35.5 Å². The Morgan fingerprint density at radius 2 is 1.63 bits per heavy atom. The van der Waals surface area contributed by atoms with Crippen molar-refractivity contribution >= 4 is 16.0 Å². The lowest BCUT2D eigenvalue weighted by Gasteiger charge is -2.72. The molecule has 9 heteroatoms. The molecule has 6 aliphatic carbocycles. The number of halogens is 1. The summed E-state index contributed by atoms with van der Waals surface area (Å²) in [5.41, 5.74) is 2.46. The Morgan fingerprint density at radius 3 is 2.22 bits per heavy atom. The third-order valence-electron chi connectivity index (χ3n) is 18.5. The first kappa shape index (κ1) is 40.6. The van der Waals surface area contributed by atoms with Crippen LogP contribution in [0.4, 0.5) is 4.39 Å². The van der Waals surface area contributed by atoms with Crippen LogP contribution >= 0.6 is 0 Å². The molecule has 10 unspecified atom stereocenters. The molecule has 0 aromatic heterocycles. The van der Waals surface area contributed by atoms with Gasteiger partial charge in [-0.15, -0.1) is 0 Å². The van der Waals surface area contributed by atoms with Crippen LogP contribution in [0.15, 0.2) is 35.5 Å². The normalized spacial score (nSPS) is 44.5. The van der Waals surface area contributed by atoms with E-state index in [1.807, 2.05) is 0 Å². The van der Waals surface area contributed by atoms with Crippen molar-refractivity contribution in [3.8, 4) is 0 Å². The highest BCUT2D eigenvalue weighted by Crippen LogP contribution is 2.76. The summed E-state index contributed by atoms with van der Waals surface area (Å²) in [4.78, 5) is 12.0.